The van der Waals surface area contributed by atoms with Gasteiger partial charge in [0, 0.05) is 6.07 Å². The summed E-state index contributed by atoms with van der Waals surface area (Å²) in [5.41, 5.74) is 1.60. The van der Waals surface area contributed by atoms with E-state index in [1.165, 1.54) is 0 Å². The van der Waals surface area contributed by atoms with E-state index in [0.717, 1.165) is 11.3 Å². The quantitative estimate of drug-likeness (QED) is 0.942. The fourth-order valence-corrected chi connectivity index (χ4v) is 2.22. The van der Waals surface area contributed by atoms with Crippen LogP contribution in [-0.4, -0.2) is 24.4 Å². The van der Waals surface area contributed by atoms with Crippen molar-refractivity contribution in [1.29, 1.82) is 0 Å². The molecule has 100 valence electrons. The van der Waals surface area contributed by atoms with Crippen molar-refractivity contribution in [2.24, 2.45) is 0 Å². The van der Waals surface area contributed by atoms with Crippen LogP contribution < -0.4 is 10.1 Å². The lowest BCUT2D eigenvalue weighted by atomic mass is 10.0. The predicted molar refractivity (Wildman–Crippen MR) is 75.9 cm³/mol. The number of rotatable bonds is 4. The van der Waals surface area contributed by atoms with Crippen molar-refractivity contribution < 1.29 is 4.74 Å². The molecule has 0 aliphatic heterocycles. The normalized spacial score (nSPS) is 12.2. The minimum Gasteiger partial charge on any atom is -0.480 e. The number of benzene rings is 1. The van der Waals surface area contributed by atoms with E-state index in [4.69, 9.17) is 27.9 Å². The molecule has 0 amide bonds. The molecule has 1 unspecified atom stereocenters. The van der Waals surface area contributed by atoms with Crippen LogP contribution in [0.25, 0.3) is 0 Å². The minimum atomic E-state index is -0.176. The fourth-order valence-electron chi connectivity index (χ4n) is 1.80. The second-order valence-electron chi connectivity index (χ2n) is 3.87. The van der Waals surface area contributed by atoms with Crippen LogP contribution in [0.1, 0.15) is 17.3 Å². The molecule has 1 atom stereocenters. The van der Waals surface area contributed by atoms with Gasteiger partial charge in [-0.3, -0.25) is 0 Å². The third-order valence-corrected chi connectivity index (χ3v) is 3.58. The number of nitrogens with one attached hydrogen (secondary N) is 1. The van der Waals surface area contributed by atoms with Crippen LogP contribution in [-0.2, 0) is 0 Å². The smallest absolute Gasteiger partial charge is 0.233 e. The summed E-state index contributed by atoms with van der Waals surface area (Å²) in [5, 5.41) is 12.3. The molecule has 4 nitrogen and oxygen atoms in total. The highest BCUT2D eigenvalue weighted by atomic mass is 35.5. The van der Waals surface area contributed by atoms with E-state index in [9.17, 15) is 0 Å². The Kier molecular flexibility index (Phi) is 4.58. The lowest BCUT2D eigenvalue weighted by molar-refractivity contribution is 0.390. The van der Waals surface area contributed by atoms with E-state index in [2.05, 4.69) is 15.5 Å². The van der Waals surface area contributed by atoms with Crippen LogP contribution in [0.4, 0.5) is 0 Å². The van der Waals surface area contributed by atoms with Gasteiger partial charge in [0.1, 0.15) is 0 Å². The highest BCUT2D eigenvalue weighted by Crippen LogP contribution is 2.32. The Morgan fingerprint density at radius 2 is 1.95 bits per heavy atom. The van der Waals surface area contributed by atoms with Gasteiger partial charge in [-0.1, -0.05) is 35.3 Å². The van der Waals surface area contributed by atoms with Crippen molar-refractivity contribution in [3.63, 3.8) is 0 Å². The Balaban J connectivity index is 2.40. The maximum Gasteiger partial charge on any atom is 0.233 e. The van der Waals surface area contributed by atoms with Crippen molar-refractivity contribution in [2.45, 2.75) is 6.04 Å². The molecule has 6 heteroatoms. The van der Waals surface area contributed by atoms with E-state index in [1.54, 1.807) is 19.2 Å². The Labute approximate surface area is 121 Å². The molecular formula is C13H13Cl2N3O. The molecule has 0 aliphatic rings. The zero-order chi connectivity index (χ0) is 13.8. The van der Waals surface area contributed by atoms with Crippen LogP contribution in [0, 0.1) is 0 Å². The van der Waals surface area contributed by atoms with Gasteiger partial charge in [-0.2, -0.15) is 0 Å². The van der Waals surface area contributed by atoms with Crippen molar-refractivity contribution in [3.8, 4) is 5.88 Å². The highest BCUT2D eigenvalue weighted by Gasteiger charge is 2.18. The van der Waals surface area contributed by atoms with Gasteiger partial charge in [0.15, 0.2) is 0 Å². The van der Waals surface area contributed by atoms with E-state index in [1.807, 2.05) is 25.2 Å². The number of methoxy groups -OCH3 is 1. The summed E-state index contributed by atoms with van der Waals surface area (Å²) < 4.78 is 4.99. The van der Waals surface area contributed by atoms with Gasteiger partial charge in [0.25, 0.3) is 0 Å². The van der Waals surface area contributed by atoms with E-state index >= 15 is 0 Å². The average Bonchev–Trinajstić information content (AvgIpc) is 2.45. The number of hydrogen-bond acceptors (Lipinski definition) is 4. The van der Waals surface area contributed by atoms with Gasteiger partial charge in [-0.25, -0.2) is 0 Å². The number of nitrogens with zero attached hydrogens (tertiary/aromatic N) is 2. The molecule has 0 aliphatic carbocycles. The number of aromatic nitrogens is 2. The average molecular weight is 298 g/mol. The molecule has 0 saturated heterocycles. The topological polar surface area (TPSA) is 47.0 Å². The summed E-state index contributed by atoms with van der Waals surface area (Å²) in [5.74, 6) is 0.468. The van der Waals surface area contributed by atoms with Crippen LogP contribution in [0.3, 0.4) is 0 Å². The molecule has 1 aromatic carbocycles. The molecule has 2 rings (SSSR count). The summed E-state index contributed by atoms with van der Waals surface area (Å²) in [6.07, 6.45) is 0. The molecule has 0 saturated carbocycles. The highest BCUT2D eigenvalue weighted by molar-refractivity contribution is 6.42. The second-order valence-corrected chi connectivity index (χ2v) is 4.65. The zero-order valence-corrected chi connectivity index (χ0v) is 12.0. The first-order chi connectivity index (χ1) is 9.17. The lowest BCUT2D eigenvalue weighted by Crippen LogP contribution is -2.19. The Morgan fingerprint density at radius 1 is 1.16 bits per heavy atom. The monoisotopic (exact) mass is 297 g/mol. The van der Waals surface area contributed by atoms with Gasteiger partial charge in [-0.05, 0) is 24.7 Å². The number of hydrogen-bond donors (Lipinski definition) is 1. The standard InChI is InChI=1S/C13H13Cl2N3O/c1-16-13(8-4-3-5-9(14)12(8)15)10-6-7-11(19-2)18-17-10/h3-7,13,16H,1-2H3. The third-order valence-electron chi connectivity index (χ3n) is 2.75. The Hall–Kier alpha value is -1.36. The minimum absolute atomic E-state index is 0.176. The largest absolute Gasteiger partial charge is 0.480 e. The summed E-state index contributed by atoms with van der Waals surface area (Å²) in [7, 11) is 3.38. The summed E-state index contributed by atoms with van der Waals surface area (Å²) in [4.78, 5) is 0. The molecule has 1 N–H and O–H groups in total. The first kappa shape index (κ1) is 14.1. The van der Waals surface area contributed by atoms with E-state index in [0.29, 0.717) is 15.9 Å². The van der Waals surface area contributed by atoms with E-state index < -0.39 is 0 Å². The SMILES string of the molecule is CNC(c1ccc(OC)nn1)c1cccc(Cl)c1Cl. The zero-order valence-electron chi connectivity index (χ0n) is 10.5. The molecule has 1 aromatic heterocycles. The first-order valence-electron chi connectivity index (χ1n) is 5.66. The van der Waals surface area contributed by atoms with Crippen LogP contribution in [0.2, 0.25) is 10.0 Å². The van der Waals surface area contributed by atoms with Gasteiger partial charge in [0.05, 0.1) is 28.9 Å². The van der Waals surface area contributed by atoms with Gasteiger partial charge in [-0.15, -0.1) is 10.2 Å². The Morgan fingerprint density at radius 3 is 2.53 bits per heavy atom. The molecule has 19 heavy (non-hydrogen) atoms. The van der Waals surface area contributed by atoms with Crippen LogP contribution >= 0.6 is 23.2 Å². The first-order valence-corrected chi connectivity index (χ1v) is 6.41. The third kappa shape index (κ3) is 2.97. The molecule has 0 fully saturated rings. The second kappa shape index (κ2) is 6.19. The summed E-state index contributed by atoms with van der Waals surface area (Å²) >= 11 is 12.3. The molecule has 0 radical (unpaired) electrons. The molecule has 0 spiro atoms. The van der Waals surface area contributed by atoms with Crippen LogP contribution in [0.15, 0.2) is 30.3 Å². The summed E-state index contributed by atoms with van der Waals surface area (Å²) in [6, 6.07) is 8.92. The van der Waals surface area contributed by atoms with E-state index in [-0.39, 0.29) is 6.04 Å². The van der Waals surface area contributed by atoms with Gasteiger partial charge < -0.3 is 10.1 Å². The maximum atomic E-state index is 6.23. The van der Waals surface area contributed by atoms with Crippen LogP contribution in [0.5, 0.6) is 5.88 Å². The van der Waals surface area contributed by atoms with Crippen molar-refractivity contribution >= 4 is 23.2 Å². The van der Waals surface area contributed by atoms with Crippen molar-refractivity contribution in [1.82, 2.24) is 15.5 Å². The van der Waals surface area contributed by atoms with Gasteiger partial charge in [0.2, 0.25) is 5.88 Å². The molecule has 0 bridgehead atoms. The fraction of sp³-hybridized carbons (Fsp3) is 0.231. The Bertz CT molecular complexity index is 560. The van der Waals surface area contributed by atoms with Gasteiger partial charge >= 0.3 is 0 Å². The molecule has 2 aromatic rings. The predicted octanol–water partition coefficient (Wildman–Crippen LogP) is 3.10. The molecule has 1 heterocycles. The maximum absolute atomic E-state index is 6.23. The van der Waals surface area contributed by atoms with Crippen molar-refractivity contribution in [3.05, 3.63) is 51.6 Å². The molecular weight excluding hydrogens is 285 g/mol. The number of ether oxygens (including phenoxy) is 1. The van der Waals surface area contributed by atoms with Crippen molar-refractivity contribution in [2.75, 3.05) is 14.2 Å². The lowest BCUT2D eigenvalue weighted by Gasteiger charge is -2.17. The summed E-state index contributed by atoms with van der Waals surface area (Å²) in [6.45, 7) is 0. The number of halogens is 2.